The van der Waals surface area contributed by atoms with E-state index in [2.05, 4.69) is 24.3 Å². The second-order valence-corrected chi connectivity index (χ2v) is 2.44. The number of hydrogen-bond donors (Lipinski definition) is 0. The van der Waals surface area contributed by atoms with Crippen molar-refractivity contribution in [3.63, 3.8) is 0 Å². The number of aryl methyl sites for hydroxylation is 1. The van der Waals surface area contributed by atoms with Gasteiger partial charge in [-0.25, -0.2) is 0 Å². The Bertz CT molecular complexity index is 232. The van der Waals surface area contributed by atoms with Crippen LogP contribution in [0, 0.1) is 0 Å². The molecule has 0 fully saturated rings. The second-order valence-electron chi connectivity index (χ2n) is 2.44. The Kier molecular flexibility index (Phi) is 41.7. The van der Waals surface area contributed by atoms with Gasteiger partial charge in [0, 0.05) is 28.6 Å². The molecule has 1 heterocycles. The summed E-state index contributed by atoms with van der Waals surface area (Å²) in [4.78, 5) is 0. The van der Waals surface area contributed by atoms with Gasteiger partial charge < -0.3 is 4.57 Å². The van der Waals surface area contributed by atoms with E-state index in [-0.39, 0.29) is 4.70 Å². The van der Waals surface area contributed by atoms with Crippen LogP contribution in [0.25, 0.3) is 0 Å². The van der Waals surface area contributed by atoms with Crippen LogP contribution in [0.2, 0.25) is 0 Å². The molecular formula is C14H26F3N. The molecule has 0 atom stereocenters. The average Bonchev–Trinajstić information content (AvgIpc) is 3.12. The van der Waals surface area contributed by atoms with Gasteiger partial charge in [-0.15, -0.1) is 0 Å². The fraction of sp³-hybridized carbons (Fsp3) is 0.429. The number of allylic oxidation sites excluding steroid dienone is 4. The van der Waals surface area contributed by atoms with E-state index in [1.54, 1.807) is 0 Å². The van der Waals surface area contributed by atoms with Crippen molar-refractivity contribution in [1.29, 1.82) is 0 Å². The lowest BCUT2D eigenvalue weighted by Gasteiger charge is -1.79. The number of rotatable bonds is 0. The SMILES string of the molecule is C1=CCC=C1.CC.CC.Cn1cccc1.F.FF. The molecule has 1 aliphatic rings. The van der Waals surface area contributed by atoms with Gasteiger partial charge in [0.1, 0.15) is 0 Å². The molecule has 18 heavy (non-hydrogen) atoms. The third-order valence-corrected chi connectivity index (χ3v) is 1.41. The van der Waals surface area contributed by atoms with Crippen molar-refractivity contribution in [2.45, 2.75) is 34.1 Å². The van der Waals surface area contributed by atoms with Crippen LogP contribution in [0.15, 0.2) is 48.8 Å². The maximum Gasteiger partial charge on any atom is 0.0106 e. The molecule has 2 rings (SSSR count). The van der Waals surface area contributed by atoms with Crippen LogP contribution < -0.4 is 0 Å². The number of aromatic nitrogens is 1. The molecule has 0 radical (unpaired) electrons. The maximum atomic E-state index is 8.00. The quantitative estimate of drug-likeness (QED) is 0.577. The minimum atomic E-state index is 0. The standard InChI is InChI=1S/C5H7N.C5H6.2C2H6.F2.FH/c1-6-4-2-3-5-6;1-2-4-5-3-1;3*1-2;/h2-5H,1H3;1-4H,5H2;2*1-2H3;;1H. The highest BCUT2D eigenvalue weighted by Gasteiger charge is 1.72. The minimum Gasteiger partial charge on any atom is -0.357 e. The van der Waals surface area contributed by atoms with Gasteiger partial charge in [0.15, 0.2) is 0 Å². The van der Waals surface area contributed by atoms with Crippen LogP contribution in [0.1, 0.15) is 34.1 Å². The van der Waals surface area contributed by atoms with Crippen molar-refractivity contribution in [3.05, 3.63) is 48.8 Å². The van der Waals surface area contributed by atoms with Gasteiger partial charge in [0.2, 0.25) is 0 Å². The van der Waals surface area contributed by atoms with Gasteiger partial charge in [-0.1, -0.05) is 52.0 Å². The predicted octanol–water partition coefficient (Wildman–Crippen LogP) is 5.57. The van der Waals surface area contributed by atoms with Crippen LogP contribution in [0.3, 0.4) is 0 Å². The fourth-order valence-electron chi connectivity index (χ4n) is 0.813. The molecule has 0 aromatic carbocycles. The van der Waals surface area contributed by atoms with Crippen LogP contribution in [0.4, 0.5) is 13.9 Å². The van der Waals surface area contributed by atoms with Crippen LogP contribution >= 0.6 is 0 Å². The van der Waals surface area contributed by atoms with Crippen molar-refractivity contribution >= 4 is 0 Å². The molecule has 1 aliphatic carbocycles. The van der Waals surface area contributed by atoms with E-state index in [0.29, 0.717) is 0 Å². The summed E-state index contributed by atoms with van der Waals surface area (Å²) in [5, 5.41) is 0. The lowest BCUT2D eigenvalue weighted by molar-refractivity contribution is 0.108. The molecule has 0 aliphatic heterocycles. The zero-order valence-corrected chi connectivity index (χ0v) is 11.9. The Morgan fingerprint density at radius 1 is 0.833 bits per heavy atom. The number of halogens is 3. The summed E-state index contributed by atoms with van der Waals surface area (Å²) in [6, 6.07) is 4.00. The zero-order valence-electron chi connectivity index (χ0n) is 11.9. The van der Waals surface area contributed by atoms with Crippen molar-refractivity contribution in [2.75, 3.05) is 0 Å². The summed E-state index contributed by atoms with van der Waals surface area (Å²) < 4.78 is 18.0. The van der Waals surface area contributed by atoms with E-state index in [1.807, 2.05) is 63.8 Å². The first-order valence-electron chi connectivity index (χ1n) is 5.92. The first-order chi connectivity index (χ1) is 8.39. The minimum absolute atomic E-state index is 0. The van der Waals surface area contributed by atoms with Gasteiger partial charge in [-0.2, -0.15) is 0 Å². The molecule has 4 heteroatoms. The molecule has 0 amide bonds. The lowest BCUT2D eigenvalue weighted by Crippen LogP contribution is -1.75. The number of nitrogens with zero attached hydrogens (tertiary/aromatic N) is 1. The Morgan fingerprint density at radius 3 is 1.28 bits per heavy atom. The van der Waals surface area contributed by atoms with E-state index in [9.17, 15) is 0 Å². The molecule has 1 aromatic heterocycles. The van der Waals surface area contributed by atoms with Crippen LogP contribution in [0.5, 0.6) is 0 Å². The van der Waals surface area contributed by atoms with E-state index in [4.69, 9.17) is 9.15 Å². The first-order valence-corrected chi connectivity index (χ1v) is 5.92. The van der Waals surface area contributed by atoms with Gasteiger partial charge in [0.05, 0.1) is 0 Å². The molecule has 0 bridgehead atoms. The molecule has 108 valence electrons. The van der Waals surface area contributed by atoms with Crippen LogP contribution in [-0.2, 0) is 7.05 Å². The van der Waals surface area contributed by atoms with Gasteiger partial charge >= 0.3 is 0 Å². The maximum absolute atomic E-state index is 8.00. The van der Waals surface area contributed by atoms with Crippen molar-refractivity contribution in [1.82, 2.24) is 4.57 Å². The topological polar surface area (TPSA) is 4.93 Å². The summed E-state index contributed by atoms with van der Waals surface area (Å²) in [5.74, 6) is 0. The Hall–Kier alpha value is -1.45. The monoisotopic (exact) mass is 265 g/mol. The molecule has 0 saturated heterocycles. The molecule has 0 N–H and O–H groups in total. The van der Waals surface area contributed by atoms with Crippen molar-refractivity contribution in [3.8, 4) is 0 Å². The molecular weight excluding hydrogens is 239 g/mol. The van der Waals surface area contributed by atoms with E-state index < -0.39 is 0 Å². The highest BCUT2D eigenvalue weighted by atomic mass is 20.0. The van der Waals surface area contributed by atoms with Crippen LogP contribution in [-0.4, -0.2) is 4.57 Å². The van der Waals surface area contributed by atoms with Crippen molar-refractivity contribution < 1.29 is 13.9 Å². The predicted molar refractivity (Wildman–Crippen MR) is 75.7 cm³/mol. The Balaban J connectivity index is -0.0000000750. The summed E-state index contributed by atoms with van der Waals surface area (Å²) in [7, 11) is 2.00. The highest BCUT2D eigenvalue weighted by molar-refractivity contribution is 5.11. The molecule has 0 spiro atoms. The molecule has 1 nitrogen and oxygen atoms in total. The lowest BCUT2D eigenvalue weighted by atomic mass is 10.5. The average molecular weight is 265 g/mol. The summed E-state index contributed by atoms with van der Waals surface area (Å²) in [5.41, 5.74) is 0. The third-order valence-electron chi connectivity index (χ3n) is 1.41. The van der Waals surface area contributed by atoms with Gasteiger partial charge in [-0.05, 0) is 18.6 Å². The largest absolute Gasteiger partial charge is 0.357 e. The van der Waals surface area contributed by atoms with E-state index in [0.717, 1.165) is 6.42 Å². The Labute approximate surface area is 109 Å². The normalized spacial score (nSPS) is 8.83. The van der Waals surface area contributed by atoms with Gasteiger partial charge in [-0.3, -0.25) is 4.70 Å². The van der Waals surface area contributed by atoms with E-state index >= 15 is 0 Å². The number of hydrogen-bond acceptors (Lipinski definition) is 0. The highest BCUT2D eigenvalue weighted by Crippen LogP contribution is 1.93. The third kappa shape index (κ3) is 24.0. The fourth-order valence-corrected chi connectivity index (χ4v) is 0.813. The molecule has 0 saturated carbocycles. The van der Waals surface area contributed by atoms with Gasteiger partial charge in [0.25, 0.3) is 0 Å². The summed E-state index contributed by atoms with van der Waals surface area (Å²) >= 11 is 0. The Morgan fingerprint density at radius 2 is 1.17 bits per heavy atom. The van der Waals surface area contributed by atoms with Crippen molar-refractivity contribution in [2.24, 2.45) is 7.05 Å². The second kappa shape index (κ2) is 29.6. The zero-order chi connectivity index (χ0) is 13.9. The smallest absolute Gasteiger partial charge is 0.0106 e. The summed E-state index contributed by atoms with van der Waals surface area (Å²) in [6.45, 7) is 8.00. The summed E-state index contributed by atoms with van der Waals surface area (Å²) in [6.07, 6.45) is 13.5. The molecule has 1 aromatic rings. The molecule has 0 unspecified atom stereocenters. The first kappa shape index (κ1) is 25.4. The van der Waals surface area contributed by atoms with E-state index in [1.165, 1.54) is 0 Å².